The molecule has 1 rings (SSSR count). The fraction of sp³-hybridized carbons (Fsp3) is 0.870. The van der Waals surface area contributed by atoms with Crippen LogP contribution in [0.5, 0.6) is 0 Å². The summed E-state index contributed by atoms with van der Waals surface area (Å²) in [6.45, 7) is 10.5. The summed E-state index contributed by atoms with van der Waals surface area (Å²) in [5.74, 6) is -0.660. The zero-order valence-corrected chi connectivity index (χ0v) is 19.8. The largest absolute Gasteiger partial charge is 0.353 e. The Labute approximate surface area is 186 Å². The van der Waals surface area contributed by atoms with Crippen LogP contribution in [-0.2, 0) is 23.7 Å². The summed E-state index contributed by atoms with van der Waals surface area (Å²) in [6, 6.07) is 0. The quantitative estimate of drug-likeness (QED) is 0.107. The van der Waals surface area contributed by atoms with Gasteiger partial charge >= 0.3 is 0 Å². The number of carbonyl (C=O) groups excluding carboxylic acids is 1. The van der Waals surface area contributed by atoms with Crippen molar-refractivity contribution in [1.29, 1.82) is 0 Å². The van der Waals surface area contributed by atoms with Gasteiger partial charge in [0.1, 0.15) is 5.78 Å². The van der Waals surface area contributed by atoms with E-state index in [2.05, 4.69) is 6.92 Å². The van der Waals surface area contributed by atoms with Gasteiger partial charge in [-0.25, -0.2) is 0 Å². The third-order valence-electron chi connectivity index (χ3n) is 5.51. The van der Waals surface area contributed by atoms with Gasteiger partial charge < -0.3 is 18.9 Å². The summed E-state index contributed by atoms with van der Waals surface area (Å²) in [5, 5.41) is 10.9. The first kappa shape index (κ1) is 27.7. The molecule has 0 bridgehead atoms. The number of nitrogens with zero attached hydrogens (tertiary/aromatic N) is 1. The first-order chi connectivity index (χ1) is 14.8. The van der Waals surface area contributed by atoms with Gasteiger partial charge in [0, 0.05) is 42.8 Å². The molecule has 0 saturated heterocycles. The highest BCUT2D eigenvalue weighted by Crippen LogP contribution is 2.36. The molecule has 0 spiro atoms. The summed E-state index contributed by atoms with van der Waals surface area (Å²) >= 11 is 0. The number of hydrogen-bond donors (Lipinski definition) is 0. The Morgan fingerprint density at radius 2 is 1.81 bits per heavy atom. The number of carbonyl (C=O) groups is 1. The van der Waals surface area contributed by atoms with E-state index in [-0.39, 0.29) is 54.5 Å². The molecular formula is C23H41NO7. The van der Waals surface area contributed by atoms with Crippen molar-refractivity contribution < 1.29 is 28.7 Å². The highest BCUT2D eigenvalue weighted by atomic mass is 16.7. The number of ether oxygens (including phenoxy) is 4. The number of Topliss-reactive ketones (excluding diaryl/α,β-unsaturated/α-hetero) is 1. The minimum absolute atomic E-state index is 0.0105. The van der Waals surface area contributed by atoms with Crippen molar-refractivity contribution in [2.24, 2.45) is 11.8 Å². The smallest absolute Gasteiger partial charge is 0.204 e. The van der Waals surface area contributed by atoms with Gasteiger partial charge in [-0.2, -0.15) is 0 Å². The second kappa shape index (κ2) is 15.5. The average Bonchev–Trinajstić information content (AvgIpc) is 2.98. The third kappa shape index (κ3) is 10.7. The first-order valence-electron chi connectivity index (χ1n) is 11.7. The predicted molar refractivity (Wildman–Crippen MR) is 118 cm³/mol. The summed E-state index contributed by atoms with van der Waals surface area (Å²) in [7, 11) is 0. The molecule has 0 aromatic rings. The molecule has 1 aliphatic carbocycles. The third-order valence-corrected chi connectivity index (χ3v) is 5.51. The van der Waals surface area contributed by atoms with Crippen molar-refractivity contribution >= 4 is 5.78 Å². The van der Waals surface area contributed by atoms with Gasteiger partial charge in [0.15, 0.2) is 12.6 Å². The number of nitro groups is 1. The zero-order valence-electron chi connectivity index (χ0n) is 19.8. The average molecular weight is 444 g/mol. The second-order valence-electron chi connectivity index (χ2n) is 7.97. The van der Waals surface area contributed by atoms with Crippen molar-refractivity contribution in [2.75, 3.05) is 19.8 Å². The molecular weight excluding hydrogens is 402 g/mol. The van der Waals surface area contributed by atoms with Gasteiger partial charge in [-0.15, -0.1) is 0 Å². The molecule has 31 heavy (non-hydrogen) atoms. The van der Waals surface area contributed by atoms with E-state index >= 15 is 0 Å². The molecule has 0 amide bonds. The van der Waals surface area contributed by atoms with Crippen LogP contribution in [0.1, 0.15) is 73.1 Å². The second-order valence-corrected chi connectivity index (χ2v) is 7.97. The molecule has 8 heteroatoms. The van der Waals surface area contributed by atoms with Crippen LogP contribution in [-0.4, -0.2) is 55.3 Å². The lowest BCUT2D eigenvalue weighted by Crippen LogP contribution is -2.28. The monoisotopic (exact) mass is 443 g/mol. The fourth-order valence-corrected chi connectivity index (χ4v) is 4.05. The maximum Gasteiger partial charge on any atom is 0.204 e. The Morgan fingerprint density at radius 3 is 2.42 bits per heavy atom. The van der Waals surface area contributed by atoms with Crippen LogP contribution in [0, 0.1) is 22.0 Å². The highest BCUT2D eigenvalue weighted by Gasteiger charge is 2.43. The van der Waals surface area contributed by atoms with Crippen molar-refractivity contribution in [3.05, 3.63) is 22.3 Å². The van der Waals surface area contributed by atoms with Crippen LogP contribution in [0.3, 0.4) is 0 Å². The molecule has 1 fully saturated rings. The Hall–Kier alpha value is -1.35. The van der Waals surface area contributed by atoms with Crippen LogP contribution in [0.25, 0.3) is 0 Å². The molecule has 0 heterocycles. The molecule has 6 atom stereocenters. The Kier molecular flexibility index (Phi) is 13.8. The summed E-state index contributed by atoms with van der Waals surface area (Å²) in [6.07, 6.45) is 7.22. The van der Waals surface area contributed by atoms with Crippen molar-refractivity contribution in [2.45, 2.75) is 97.9 Å². The minimum Gasteiger partial charge on any atom is -0.353 e. The molecule has 0 radical (unpaired) electrons. The van der Waals surface area contributed by atoms with Gasteiger partial charge in [0.05, 0.1) is 12.2 Å². The van der Waals surface area contributed by atoms with Crippen molar-refractivity contribution in [3.8, 4) is 0 Å². The van der Waals surface area contributed by atoms with Crippen LogP contribution in [0.2, 0.25) is 0 Å². The van der Waals surface area contributed by atoms with Gasteiger partial charge in [0.25, 0.3) is 0 Å². The molecule has 0 aromatic carbocycles. The lowest BCUT2D eigenvalue weighted by Gasteiger charge is -2.25. The molecule has 0 aliphatic heterocycles. The van der Waals surface area contributed by atoms with Crippen LogP contribution < -0.4 is 0 Å². The van der Waals surface area contributed by atoms with Gasteiger partial charge in [-0.05, 0) is 34.1 Å². The van der Waals surface area contributed by atoms with Crippen molar-refractivity contribution in [1.82, 2.24) is 0 Å². The van der Waals surface area contributed by atoms with Gasteiger partial charge in [0.2, 0.25) is 6.54 Å². The minimum atomic E-state index is -0.442. The molecule has 6 unspecified atom stereocenters. The van der Waals surface area contributed by atoms with E-state index in [0.717, 1.165) is 25.7 Å². The molecule has 0 aromatic heterocycles. The number of ketones is 1. The topological polar surface area (TPSA) is 97.1 Å². The van der Waals surface area contributed by atoms with E-state index < -0.39 is 12.2 Å². The Bertz CT molecular complexity index is 554. The normalized spacial score (nSPS) is 24.5. The predicted octanol–water partition coefficient (Wildman–Crippen LogP) is 4.53. The fourth-order valence-electron chi connectivity index (χ4n) is 4.05. The number of unbranched alkanes of at least 4 members (excludes halogenated alkanes) is 2. The van der Waals surface area contributed by atoms with E-state index in [1.807, 2.05) is 32.9 Å². The van der Waals surface area contributed by atoms with E-state index in [4.69, 9.17) is 18.9 Å². The number of rotatable bonds is 17. The van der Waals surface area contributed by atoms with E-state index in [0.29, 0.717) is 13.2 Å². The summed E-state index contributed by atoms with van der Waals surface area (Å²) in [5.41, 5.74) is 0. The number of hydrogen-bond acceptors (Lipinski definition) is 7. The zero-order chi connectivity index (χ0) is 23.2. The molecule has 180 valence electrons. The summed E-state index contributed by atoms with van der Waals surface area (Å²) in [4.78, 5) is 23.2. The first-order valence-corrected chi connectivity index (χ1v) is 11.7. The van der Waals surface area contributed by atoms with E-state index in [1.54, 1.807) is 6.92 Å². The van der Waals surface area contributed by atoms with Crippen LogP contribution in [0.15, 0.2) is 12.2 Å². The lowest BCUT2D eigenvalue weighted by molar-refractivity contribution is -0.481. The maximum absolute atomic E-state index is 12.6. The SMILES string of the molecule is CCCCCC(C=CC1C(OC(C)OCC)CC(=O)C1CC[N+](=O)[O-])OC(C)OCC. The van der Waals surface area contributed by atoms with Gasteiger partial charge in [-0.1, -0.05) is 38.3 Å². The van der Waals surface area contributed by atoms with Crippen LogP contribution >= 0.6 is 0 Å². The molecule has 1 aliphatic rings. The molecule has 8 nitrogen and oxygen atoms in total. The van der Waals surface area contributed by atoms with Crippen molar-refractivity contribution in [3.63, 3.8) is 0 Å². The lowest BCUT2D eigenvalue weighted by atomic mass is 9.90. The van der Waals surface area contributed by atoms with Crippen LogP contribution in [0.4, 0.5) is 0 Å². The van der Waals surface area contributed by atoms with E-state index in [1.165, 1.54) is 0 Å². The van der Waals surface area contributed by atoms with E-state index in [9.17, 15) is 14.9 Å². The Balaban J connectivity index is 2.97. The standard InChI is InChI=1S/C23H41NO7/c1-6-9-10-11-19(30-17(4)28-7-2)12-13-21-20(14-15-24(26)27)22(25)16-23(21)31-18(5)29-8-3/h12-13,17-21,23H,6-11,14-16H2,1-5H3. The maximum atomic E-state index is 12.6. The summed E-state index contributed by atoms with van der Waals surface area (Å²) < 4.78 is 23.0. The highest BCUT2D eigenvalue weighted by molar-refractivity contribution is 5.84. The van der Waals surface area contributed by atoms with Gasteiger partial charge in [-0.3, -0.25) is 14.9 Å². The molecule has 1 saturated carbocycles. The Morgan fingerprint density at radius 1 is 1.13 bits per heavy atom. The molecule has 0 N–H and O–H groups in total.